The summed E-state index contributed by atoms with van der Waals surface area (Å²) >= 11 is 0. The molecule has 1 heterocycles. The first-order valence-electron chi connectivity index (χ1n) is 2.58. The van der Waals surface area contributed by atoms with Crippen molar-refractivity contribution in [3.63, 3.8) is 0 Å². The van der Waals surface area contributed by atoms with Crippen LogP contribution >= 0.6 is 0 Å². The first-order valence-corrected chi connectivity index (χ1v) is 2.58. The molecule has 0 atom stereocenters. The van der Waals surface area contributed by atoms with Gasteiger partial charge in [-0.3, -0.25) is 10.1 Å². The van der Waals surface area contributed by atoms with Crippen LogP contribution in [0.15, 0.2) is 21.5 Å². The monoisotopic (exact) mass is 157 g/mol. The Hall–Kier alpha value is -1.85. The third-order valence-corrected chi connectivity index (χ3v) is 1.02. The summed E-state index contributed by atoms with van der Waals surface area (Å²) in [5.74, 6) is -0.689. The van der Waals surface area contributed by atoms with E-state index in [1.807, 2.05) is 0 Å². The molecular weight excluding hydrogens is 154 g/mol. The van der Waals surface area contributed by atoms with Gasteiger partial charge in [-0.05, 0) is 0 Å². The summed E-state index contributed by atoms with van der Waals surface area (Å²) in [4.78, 5) is 19.5. The van der Waals surface area contributed by atoms with Crippen molar-refractivity contribution < 1.29 is 14.4 Å². The third-order valence-electron chi connectivity index (χ3n) is 1.02. The lowest BCUT2D eigenvalue weighted by Gasteiger charge is -1.90. The zero-order chi connectivity index (χ0) is 8.43. The molecule has 0 saturated heterocycles. The van der Waals surface area contributed by atoms with Gasteiger partial charge in [0.15, 0.2) is 0 Å². The number of rotatable bonds is 1. The predicted molar refractivity (Wildman–Crippen MR) is 33.3 cm³/mol. The summed E-state index contributed by atoms with van der Waals surface area (Å²) in [6.07, 6.45) is 0.880. The van der Waals surface area contributed by atoms with E-state index in [0.29, 0.717) is 0 Å². The summed E-state index contributed by atoms with van der Waals surface area (Å²) in [6.45, 7) is 0. The SMILES string of the molecule is O=c1occc(O)c1[N+](=O)[O-]. The number of hydrogen-bond acceptors (Lipinski definition) is 5. The van der Waals surface area contributed by atoms with E-state index in [-0.39, 0.29) is 0 Å². The molecule has 0 amide bonds. The molecule has 6 heteroatoms. The Bertz CT molecular complexity index is 341. The van der Waals surface area contributed by atoms with Crippen molar-refractivity contribution in [2.45, 2.75) is 0 Å². The number of nitrogens with zero attached hydrogens (tertiary/aromatic N) is 1. The Morgan fingerprint density at radius 2 is 2.27 bits per heavy atom. The second kappa shape index (κ2) is 2.41. The van der Waals surface area contributed by atoms with Crippen LogP contribution in [0.2, 0.25) is 0 Å². The lowest BCUT2D eigenvalue weighted by Crippen LogP contribution is -2.05. The van der Waals surface area contributed by atoms with E-state index in [9.17, 15) is 14.9 Å². The van der Waals surface area contributed by atoms with E-state index >= 15 is 0 Å². The molecule has 58 valence electrons. The molecule has 1 aromatic heterocycles. The maximum Gasteiger partial charge on any atom is 0.418 e. The van der Waals surface area contributed by atoms with Crippen molar-refractivity contribution >= 4 is 5.69 Å². The molecule has 0 saturated carbocycles. The summed E-state index contributed by atoms with van der Waals surface area (Å²) in [6, 6.07) is 0.930. The molecule has 0 aliphatic heterocycles. The van der Waals surface area contributed by atoms with Gasteiger partial charge in [-0.25, -0.2) is 4.79 Å². The lowest BCUT2D eigenvalue weighted by molar-refractivity contribution is -0.388. The summed E-state index contributed by atoms with van der Waals surface area (Å²) in [5, 5.41) is 18.8. The van der Waals surface area contributed by atoms with Crippen LogP contribution in [0.5, 0.6) is 5.75 Å². The van der Waals surface area contributed by atoms with Crippen LogP contribution in [-0.2, 0) is 0 Å². The molecule has 1 N–H and O–H groups in total. The Kier molecular flexibility index (Phi) is 1.59. The van der Waals surface area contributed by atoms with Crippen molar-refractivity contribution in [3.8, 4) is 5.75 Å². The van der Waals surface area contributed by atoms with Crippen LogP contribution in [0, 0.1) is 10.1 Å². The quantitative estimate of drug-likeness (QED) is 0.465. The van der Waals surface area contributed by atoms with Crippen LogP contribution < -0.4 is 5.63 Å². The molecule has 0 unspecified atom stereocenters. The highest BCUT2D eigenvalue weighted by molar-refractivity contribution is 5.40. The highest BCUT2D eigenvalue weighted by Crippen LogP contribution is 2.18. The molecule has 6 nitrogen and oxygen atoms in total. The van der Waals surface area contributed by atoms with Crippen LogP contribution in [0.3, 0.4) is 0 Å². The second-order valence-corrected chi connectivity index (χ2v) is 1.70. The van der Waals surface area contributed by atoms with Crippen LogP contribution in [-0.4, -0.2) is 10.0 Å². The Labute approximate surface area is 59.8 Å². The molecule has 0 fully saturated rings. The molecule has 0 aliphatic rings. The van der Waals surface area contributed by atoms with Crippen molar-refractivity contribution in [2.24, 2.45) is 0 Å². The average Bonchev–Trinajstić information content (AvgIpc) is 1.85. The first kappa shape index (κ1) is 7.26. The van der Waals surface area contributed by atoms with Gasteiger partial charge in [-0.2, -0.15) is 0 Å². The van der Waals surface area contributed by atoms with Crippen molar-refractivity contribution in [2.75, 3.05) is 0 Å². The van der Waals surface area contributed by atoms with Gasteiger partial charge >= 0.3 is 11.3 Å². The van der Waals surface area contributed by atoms with Crippen LogP contribution in [0.4, 0.5) is 5.69 Å². The zero-order valence-corrected chi connectivity index (χ0v) is 5.18. The van der Waals surface area contributed by atoms with E-state index in [1.54, 1.807) is 0 Å². The number of hydrogen-bond donors (Lipinski definition) is 1. The summed E-state index contributed by atoms with van der Waals surface area (Å²) in [7, 11) is 0. The molecule has 1 aromatic rings. The molecule has 0 radical (unpaired) electrons. The van der Waals surface area contributed by atoms with Gasteiger partial charge in [-0.1, -0.05) is 0 Å². The van der Waals surface area contributed by atoms with Crippen molar-refractivity contribution in [1.82, 2.24) is 0 Å². The lowest BCUT2D eigenvalue weighted by atomic mass is 10.4. The average molecular weight is 157 g/mol. The number of nitro groups is 1. The highest BCUT2D eigenvalue weighted by Gasteiger charge is 2.19. The van der Waals surface area contributed by atoms with E-state index in [0.717, 1.165) is 12.3 Å². The Morgan fingerprint density at radius 1 is 1.64 bits per heavy atom. The molecule has 0 spiro atoms. The fourth-order valence-corrected chi connectivity index (χ4v) is 0.568. The van der Waals surface area contributed by atoms with Gasteiger partial charge in [0.05, 0.1) is 11.2 Å². The molecule has 0 aliphatic carbocycles. The van der Waals surface area contributed by atoms with Crippen LogP contribution in [0.1, 0.15) is 0 Å². The standard InChI is InChI=1S/C5H3NO5/c7-3-1-2-11-5(8)4(3)6(9)10/h1-2,7H. The fraction of sp³-hybridized carbons (Fsp3) is 0. The van der Waals surface area contributed by atoms with Crippen LogP contribution in [0.25, 0.3) is 0 Å². The van der Waals surface area contributed by atoms with Gasteiger partial charge in [0.2, 0.25) is 5.75 Å². The minimum Gasteiger partial charge on any atom is -0.502 e. The molecule has 1 rings (SSSR count). The van der Waals surface area contributed by atoms with Gasteiger partial charge in [0.25, 0.3) is 0 Å². The smallest absolute Gasteiger partial charge is 0.418 e. The fourth-order valence-electron chi connectivity index (χ4n) is 0.568. The van der Waals surface area contributed by atoms with Gasteiger partial charge in [0.1, 0.15) is 0 Å². The Balaban J connectivity index is 3.45. The van der Waals surface area contributed by atoms with E-state index < -0.39 is 22.0 Å². The summed E-state index contributed by atoms with van der Waals surface area (Å²) in [5.41, 5.74) is -2.09. The second-order valence-electron chi connectivity index (χ2n) is 1.70. The van der Waals surface area contributed by atoms with E-state index in [2.05, 4.69) is 4.42 Å². The molecule has 0 aromatic carbocycles. The van der Waals surface area contributed by atoms with Crippen molar-refractivity contribution in [1.29, 1.82) is 0 Å². The maximum atomic E-state index is 10.5. The van der Waals surface area contributed by atoms with Gasteiger partial charge < -0.3 is 9.52 Å². The molecular formula is C5H3NO5. The Morgan fingerprint density at radius 3 is 2.64 bits per heavy atom. The number of aromatic hydroxyl groups is 1. The van der Waals surface area contributed by atoms with Gasteiger partial charge in [-0.15, -0.1) is 0 Å². The largest absolute Gasteiger partial charge is 0.502 e. The normalized spacial score (nSPS) is 9.45. The topological polar surface area (TPSA) is 93.6 Å². The molecule has 11 heavy (non-hydrogen) atoms. The first-order chi connectivity index (χ1) is 5.13. The maximum absolute atomic E-state index is 10.5. The minimum atomic E-state index is -1.16. The molecule has 0 bridgehead atoms. The predicted octanol–water partition coefficient (Wildman–Crippen LogP) is 0.254. The van der Waals surface area contributed by atoms with Crippen molar-refractivity contribution in [3.05, 3.63) is 32.9 Å². The zero-order valence-electron chi connectivity index (χ0n) is 5.18. The van der Waals surface area contributed by atoms with E-state index in [4.69, 9.17) is 5.11 Å². The highest BCUT2D eigenvalue weighted by atomic mass is 16.6. The minimum absolute atomic E-state index is 0.689. The summed E-state index contributed by atoms with van der Waals surface area (Å²) < 4.78 is 4.14. The van der Waals surface area contributed by atoms with Gasteiger partial charge in [0, 0.05) is 6.07 Å². The van der Waals surface area contributed by atoms with E-state index in [1.165, 1.54) is 0 Å². The third kappa shape index (κ3) is 1.18.